The zero-order valence-corrected chi connectivity index (χ0v) is 21.8. The molecule has 1 unspecified atom stereocenters. The van der Waals surface area contributed by atoms with Gasteiger partial charge in [-0.25, -0.2) is 4.98 Å². The third-order valence-corrected chi connectivity index (χ3v) is 8.22. The second kappa shape index (κ2) is 8.58. The molecule has 0 saturated heterocycles. The molecule has 190 valence electrons. The molecule has 3 aromatic carbocycles. The number of hydrogen-bond donors (Lipinski definition) is 1. The number of hydrogen-bond acceptors (Lipinski definition) is 4. The minimum Gasteiger partial charge on any atom is -0.492 e. The Balaban J connectivity index is 1.60. The molecule has 7 heteroatoms. The van der Waals surface area contributed by atoms with Crippen molar-refractivity contribution >= 4 is 22.5 Å². The van der Waals surface area contributed by atoms with Crippen LogP contribution in [0.3, 0.4) is 0 Å². The highest BCUT2D eigenvalue weighted by Gasteiger charge is 2.36. The Kier molecular flexibility index (Phi) is 5.25. The lowest BCUT2D eigenvalue weighted by Gasteiger charge is -2.32. The Bertz CT molecular complexity index is 1790. The van der Waals surface area contributed by atoms with Crippen LogP contribution < -0.4 is 16.0 Å². The molecule has 1 aliphatic carbocycles. The fourth-order valence-electron chi connectivity index (χ4n) is 5.78. The number of nitrogens with two attached hydrogens (primary N) is 1. The standard InChI is InChI=1S/C31H27ClN4O2/c1-35-18-34-17-29(35)31(33)21-6-10-27-25(14-21)24(16-30(37)36(27)23-7-8-23)20-4-2-3-19(13-20)11-12-38-28-15-22(31)5-9-26(28)32/h2-6,9-10,13-18,23H,7-8,11-12,33H2,1H3. The van der Waals surface area contributed by atoms with Crippen LogP contribution in [-0.2, 0) is 19.0 Å². The van der Waals surface area contributed by atoms with Gasteiger partial charge in [0.05, 0.1) is 35.4 Å². The molecule has 0 amide bonds. The van der Waals surface area contributed by atoms with E-state index in [1.54, 1.807) is 18.6 Å². The van der Waals surface area contributed by atoms with E-state index in [9.17, 15) is 4.79 Å². The van der Waals surface area contributed by atoms with Gasteiger partial charge in [0.25, 0.3) is 5.56 Å². The molecule has 0 spiro atoms. The molecule has 2 aromatic heterocycles. The monoisotopic (exact) mass is 522 g/mol. The molecule has 3 heterocycles. The van der Waals surface area contributed by atoms with Gasteiger partial charge in [-0.3, -0.25) is 4.79 Å². The number of rotatable bonds is 2. The van der Waals surface area contributed by atoms with E-state index in [0.717, 1.165) is 57.3 Å². The SMILES string of the molecule is Cn1cncc1C1(N)c2ccc(Cl)c(c2)OCCc2cccc(c2)-c2cc(=O)n(C3CC3)c3ccc1cc23. The maximum absolute atomic E-state index is 13.4. The lowest BCUT2D eigenvalue weighted by Crippen LogP contribution is -2.41. The van der Waals surface area contributed by atoms with Crippen LogP contribution in [0.2, 0.25) is 5.02 Å². The Hall–Kier alpha value is -3.87. The van der Waals surface area contributed by atoms with Crippen molar-refractivity contribution in [2.24, 2.45) is 12.8 Å². The van der Waals surface area contributed by atoms with Crippen molar-refractivity contribution in [2.45, 2.75) is 30.8 Å². The summed E-state index contributed by atoms with van der Waals surface area (Å²) in [5.41, 5.74) is 12.9. The van der Waals surface area contributed by atoms with Crippen LogP contribution in [0.15, 0.2) is 84.0 Å². The summed E-state index contributed by atoms with van der Waals surface area (Å²) in [4.78, 5) is 17.8. The van der Waals surface area contributed by atoms with Gasteiger partial charge in [0, 0.05) is 31.0 Å². The molecule has 6 bridgehead atoms. The minimum absolute atomic E-state index is 0.0330. The van der Waals surface area contributed by atoms with Crippen molar-refractivity contribution in [1.29, 1.82) is 0 Å². The summed E-state index contributed by atoms with van der Waals surface area (Å²) in [6.45, 7) is 0.458. The first-order chi connectivity index (χ1) is 18.4. The second-order valence-corrected chi connectivity index (χ2v) is 10.8. The van der Waals surface area contributed by atoms with Gasteiger partial charge in [0.15, 0.2) is 0 Å². The number of ether oxygens (including phenoxy) is 1. The van der Waals surface area contributed by atoms with Crippen LogP contribution >= 0.6 is 11.6 Å². The molecular formula is C31H27ClN4O2. The normalized spacial score (nSPS) is 18.8. The van der Waals surface area contributed by atoms with Crippen molar-refractivity contribution in [1.82, 2.24) is 14.1 Å². The van der Waals surface area contributed by atoms with Crippen LogP contribution in [-0.4, -0.2) is 20.7 Å². The molecule has 38 heavy (non-hydrogen) atoms. The Labute approximate surface area is 225 Å². The molecule has 2 N–H and O–H groups in total. The van der Waals surface area contributed by atoms with Crippen LogP contribution in [0.4, 0.5) is 0 Å². The maximum atomic E-state index is 13.4. The number of pyridine rings is 1. The van der Waals surface area contributed by atoms with Gasteiger partial charge in [-0.2, -0.15) is 0 Å². The smallest absolute Gasteiger partial charge is 0.251 e. The number of aromatic nitrogens is 3. The zero-order valence-electron chi connectivity index (χ0n) is 21.0. The second-order valence-electron chi connectivity index (χ2n) is 10.4. The third kappa shape index (κ3) is 3.59. The van der Waals surface area contributed by atoms with E-state index in [2.05, 4.69) is 35.3 Å². The first kappa shape index (κ1) is 23.3. The predicted molar refractivity (Wildman–Crippen MR) is 150 cm³/mol. The number of nitrogens with zero attached hydrogens (tertiary/aromatic N) is 3. The topological polar surface area (TPSA) is 75.1 Å². The zero-order chi connectivity index (χ0) is 26.0. The predicted octanol–water partition coefficient (Wildman–Crippen LogP) is 5.58. The summed E-state index contributed by atoms with van der Waals surface area (Å²) in [6.07, 6.45) is 6.31. The van der Waals surface area contributed by atoms with E-state index in [1.165, 1.54) is 0 Å². The maximum Gasteiger partial charge on any atom is 0.251 e. The quantitative estimate of drug-likeness (QED) is 0.328. The average molecular weight is 523 g/mol. The van der Waals surface area contributed by atoms with Gasteiger partial charge in [0.1, 0.15) is 11.3 Å². The van der Waals surface area contributed by atoms with E-state index in [-0.39, 0.29) is 11.6 Å². The van der Waals surface area contributed by atoms with E-state index in [0.29, 0.717) is 23.8 Å². The first-order valence-corrected chi connectivity index (χ1v) is 13.3. The highest BCUT2D eigenvalue weighted by atomic mass is 35.5. The van der Waals surface area contributed by atoms with Crippen molar-refractivity contribution < 1.29 is 4.74 Å². The molecule has 1 fully saturated rings. The summed E-state index contributed by atoms with van der Waals surface area (Å²) < 4.78 is 10.1. The Morgan fingerprint density at radius 1 is 1.05 bits per heavy atom. The van der Waals surface area contributed by atoms with Crippen molar-refractivity contribution in [3.8, 4) is 16.9 Å². The van der Waals surface area contributed by atoms with Crippen LogP contribution in [0.25, 0.3) is 22.0 Å². The number of benzene rings is 3. The number of imidazole rings is 1. The molecule has 7 rings (SSSR count). The van der Waals surface area contributed by atoms with E-state index in [1.807, 2.05) is 46.5 Å². The van der Waals surface area contributed by atoms with Gasteiger partial charge in [-0.15, -0.1) is 0 Å². The molecule has 5 aromatic rings. The van der Waals surface area contributed by atoms with Gasteiger partial charge in [-0.1, -0.05) is 48.0 Å². The molecule has 1 saturated carbocycles. The van der Waals surface area contributed by atoms with Gasteiger partial charge >= 0.3 is 0 Å². The van der Waals surface area contributed by atoms with E-state index < -0.39 is 5.54 Å². The molecule has 1 aliphatic heterocycles. The first-order valence-electron chi connectivity index (χ1n) is 12.9. The lowest BCUT2D eigenvalue weighted by molar-refractivity contribution is 0.321. The highest BCUT2D eigenvalue weighted by molar-refractivity contribution is 6.32. The largest absolute Gasteiger partial charge is 0.492 e. The van der Waals surface area contributed by atoms with Crippen molar-refractivity contribution in [2.75, 3.05) is 6.61 Å². The number of halogens is 1. The van der Waals surface area contributed by atoms with Crippen LogP contribution in [0, 0.1) is 0 Å². The Morgan fingerprint density at radius 2 is 1.87 bits per heavy atom. The molecule has 0 radical (unpaired) electrons. The summed E-state index contributed by atoms with van der Waals surface area (Å²) in [6, 6.07) is 22.3. The average Bonchev–Trinajstić information content (AvgIpc) is 3.66. The Morgan fingerprint density at radius 3 is 2.66 bits per heavy atom. The summed E-state index contributed by atoms with van der Waals surface area (Å²) in [7, 11) is 1.94. The number of fused-ring (bicyclic) bond motifs is 6. The van der Waals surface area contributed by atoms with Gasteiger partial charge in [-0.05, 0) is 64.9 Å². The van der Waals surface area contributed by atoms with Gasteiger partial charge < -0.3 is 19.6 Å². The van der Waals surface area contributed by atoms with Gasteiger partial charge in [0.2, 0.25) is 0 Å². The summed E-state index contributed by atoms with van der Waals surface area (Å²) in [5.74, 6) is 0.596. The summed E-state index contributed by atoms with van der Waals surface area (Å²) >= 11 is 6.57. The van der Waals surface area contributed by atoms with E-state index >= 15 is 0 Å². The van der Waals surface area contributed by atoms with Crippen molar-refractivity contribution in [3.63, 3.8) is 0 Å². The van der Waals surface area contributed by atoms with Crippen LogP contribution in [0.5, 0.6) is 5.75 Å². The minimum atomic E-state index is -1.05. The molecular weight excluding hydrogens is 496 g/mol. The van der Waals surface area contributed by atoms with E-state index in [4.69, 9.17) is 22.1 Å². The molecule has 2 aliphatic rings. The summed E-state index contributed by atoms with van der Waals surface area (Å²) in [5, 5.41) is 1.54. The highest BCUT2D eigenvalue weighted by Crippen LogP contribution is 2.42. The van der Waals surface area contributed by atoms with Crippen LogP contribution in [0.1, 0.15) is 41.3 Å². The fourth-order valence-corrected chi connectivity index (χ4v) is 5.95. The number of aryl methyl sites for hydroxylation is 1. The third-order valence-electron chi connectivity index (χ3n) is 7.91. The molecule has 6 nitrogen and oxygen atoms in total. The lowest BCUT2D eigenvalue weighted by atomic mass is 9.80. The molecule has 1 atom stereocenters. The van der Waals surface area contributed by atoms with Crippen molar-refractivity contribution in [3.05, 3.63) is 117 Å². The fraction of sp³-hybridized carbons (Fsp3) is 0.226.